The fourth-order valence-corrected chi connectivity index (χ4v) is 5.28. The number of carboxylic acids is 7. The molecule has 10 amide bonds. The van der Waals surface area contributed by atoms with Gasteiger partial charge in [0, 0.05) is 0 Å². The zero-order chi connectivity index (χ0) is 56.3. The first-order chi connectivity index (χ1) is 33.9. The molecule has 0 aliphatic carbocycles. The number of carbonyl (C=O) groups is 17. The van der Waals surface area contributed by atoms with Crippen LogP contribution in [0.4, 0.5) is 0 Å². The van der Waals surface area contributed by atoms with Crippen molar-refractivity contribution in [2.75, 3.05) is 32.8 Å². The van der Waals surface area contributed by atoms with Crippen molar-refractivity contribution in [1.29, 1.82) is 0 Å². The molecule has 0 radical (unpaired) electrons. The van der Waals surface area contributed by atoms with Crippen molar-refractivity contribution in [2.45, 2.75) is 86.9 Å². The maximum absolute atomic E-state index is 13.1. The molecule has 0 aliphatic rings. The molecule has 0 bridgehead atoms. The van der Waals surface area contributed by atoms with Gasteiger partial charge in [-0.15, -0.1) is 0 Å². The number of hydrogen-bond donors (Lipinski definition) is 20. The molecule has 37 nitrogen and oxygen atoms in total. The highest BCUT2D eigenvalue weighted by Gasteiger charge is 2.35. The van der Waals surface area contributed by atoms with Gasteiger partial charge in [-0.25, -0.2) is 4.79 Å². The summed E-state index contributed by atoms with van der Waals surface area (Å²) in [5, 5.41) is 101. The van der Waals surface area contributed by atoms with Crippen molar-refractivity contribution in [3.8, 4) is 0 Å². The van der Waals surface area contributed by atoms with Gasteiger partial charge < -0.3 is 105 Å². The summed E-state index contributed by atoms with van der Waals surface area (Å²) in [5.41, 5.74) is 5.28. The summed E-state index contributed by atoms with van der Waals surface area (Å²) in [5.74, 6) is -26.4. The first-order valence-electron chi connectivity index (χ1n) is 20.3. The van der Waals surface area contributed by atoms with Crippen molar-refractivity contribution >= 4 is 101 Å². The summed E-state index contributed by atoms with van der Waals surface area (Å²) in [6.45, 7) is -5.30. The number of nitrogens with one attached hydrogen (secondary N) is 10. The van der Waals surface area contributed by atoms with Gasteiger partial charge in [0.15, 0.2) is 0 Å². The lowest BCUT2D eigenvalue weighted by atomic mass is 10.1. The highest BCUT2D eigenvalue weighted by molar-refractivity contribution is 6.00. The normalized spacial score (nSPS) is 13.8. The Kier molecular flexibility index (Phi) is 27.9. The smallest absolute Gasteiger partial charge is 0.326 e. The van der Waals surface area contributed by atoms with Crippen molar-refractivity contribution < 1.29 is 127 Å². The van der Waals surface area contributed by atoms with E-state index >= 15 is 0 Å². The largest absolute Gasteiger partial charge is 0.481 e. The average Bonchev–Trinajstić information content (AvgIpc) is 3.28. The Morgan fingerprint density at radius 2 is 0.534 bits per heavy atom. The third kappa shape index (κ3) is 26.4. The number of aliphatic hydroxyl groups is 2. The van der Waals surface area contributed by atoms with E-state index < -0.39 is 221 Å². The Morgan fingerprint density at radius 1 is 0.301 bits per heavy atom. The number of amides is 10. The molecular weight excluding hydrogens is 1000 g/mol. The predicted octanol–water partition coefficient (Wildman–Crippen LogP) is -12.0. The van der Waals surface area contributed by atoms with Crippen LogP contribution < -0.4 is 58.9 Å². The van der Waals surface area contributed by atoms with Gasteiger partial charge in [0.05, 0.1) is 71.4 Å². The number of hydrogen-bond acceptors (Lipinski definition) is 20. The van der Waals surface area contributed by atoms with E-state index in [1.54, 1.807) is 10.6 Å². The number of carbonyl (C=O) groups excluding carboxylic acids is 10. The molecule has 73 heavy (non-hydrogen) atoms. The minimum atomic E-state index is -2.22. The summed E-state index contributed by atoms with van der Waals surface area (Å²) < 4.78 is 0. The lowest BCUT2D eigenvalue weighted by Gasteiger charge is -2.24. The van der Waals surface area contributed by atoms with Gasteiger partial charge in [0.25, 0.3) is 0 Å². The SMILES string of the molecule is N[C@@H](CO)C(=O)NCC(=O)N[C@@H](CC(=O)O)C(=O)N[C@@H](CC(=O)O)C(=O)N[C@@H](CC(=O)O)C(=O)NCC(=O)N[C@@H](CO)C(=O)NCC(=O)N[C@@H](CC(=O)O)C(=O)N[C@@H](CC(=O)O)C(=O)N[C@@H](CC(=O)O)C(=O)O. The quantitative estimate of drug-likeness (QED) is 0.0280. The zero-order valence-corrected chi connectivity index (χ0v) is 37.4. The lowest BCUT2D eigenvalue weighted by molar-refractivity contribution is -0.148. The molecule has 0 spiro atoms. The molecule has 37 heteroatoms. The Balaban J connectivity index is 5.82. The van der Waals surface area contributed by atoms with Crippen LogP contribution in [0.15, 0.2) is 0 Å². The molecule has 21 N–H and O–H groups in total. The number of aliphatic carboxylic acids is 7. The second-order valence-electron chi connectivity index (χ2n) is 14.7. The van der Waals surface area contributed by atoms with Crippen LogP contribution in [0.1, 0.15) is 38.5 Å². The Morgan fingerprint density at radius 3 is 0.808 bits per heavy atom. The van der Waals surface area contributed by atoms with Crippen LogP contribution in [0.2, 0.25) is 0 Å². The van der Waals surface area contributed by atoms with E-state index in [9.17, 15) is 112 Å². The Labute approximate surface area is 406 Å². The first kappa shape index (κ1) is 63.9. The topological polar surface area (TPSA) is 619 Å². The van der Waals surface area contributed by atoms with Crippen molar-refractivity contribution in [1.82, 2.24) is 53.2 Å². The van der Waals surface area contributed by atoms with Crippen LogP contribution in [0.5, 0.6) is 0 Å². The summed E-state index contributed by atoms with van der Waals surface area (Å²) in [7, 11) is 0. The highest BCUT2D eigenvalue weighted by atomic mass is 16.4. The fraction of sp³-hybridized carbons (Fsp3) is 0.528. The molecule has 0 aromatic carbocycles. The number of carboxylic acid groups (broad SMARTS) is 7. The lowest BCUT2D eigenvalue weighted by Crippen LogP contribution is -2.59. The van der Waals surface area contributed by atoms with Crippen LogP contribution in [0.25, 0.3) is 0 Å². The van der Waals surface area contributed by atoms with E-state index in [1.807, 2.05) is 42.5 Å². The second kappa shape index (κ2) is 31.9. The van der Waals surface area contributed by atoms with Gasteiger partial charge in [-0.3, -0.25) is 76.7 Å². The van der Waals surface area contributed by atoms with Crippen LogP contribution in [0.3, 0.4) is 0 Å². The highest BCUT2D eigenvalue weighted by Crippen LogP contribution is 2.04. The number of aliphatic hydroxyl groups excluding tert-OH is 2. The number of rotatable bonds is 35. The minimum absolute atomic E-state index is 0.829. The maximum atomic E-state index is 13.1. The molecule has 0 aliphatic heterocycles. The zero-order valence-electron chi connectivity index (χ0n) is 37.4. The molecule has 0 aromatic heterocycles. The Bertz CT molecular complexity index is 2150. The van der Waals surface area contributed by atoms with Crippen LogP contribution in [-0.2, 0) is 81.5 Å². The van der Waals surface area contributed by atoms with E-state index in [1.165, 1.54) is 0 Å². The third-order valence-electron chi connectivity index (χ3n) is 8.73. The van der Waals surface area contributed by atoms with Gasteiger partial charge >= 0.3 is 41.8 Å². The number of nitrogens with two attached hydrogens (primary N) is 1. The predicted molar refractivity (Wildman–Crippen MR) is 226 cm³/mol. The van der Waals surface area contributed by atoms with E-state index in [-0.39, 0.29) is 0 Å². The van der Waals surface area contributed by atoms with Crippen molar-refractivity contribution in [2.24, 2.45) is 5.73 Å². The third-order valence-corrected chi connectivity index (χ3v) is 8.73. The Hall–Kier alpha value is -9.13. The van der Waals surface area contributed by atoms with Crippen molar-refractivity contribution in [3.63, 3.8) is 0 Å². The molecule has 0 fully saturated rings. The van der Waals surface area contributed by atoms with Gasteiger partial charge in [0.2, 0.25) is 59.1 Å². The molecule has 0 rings (SSSR count). The summed E-state index contributed by atoms with van der Waals surface area (Å²) >= 11 is 0. The standard InChI is InChI=1S/C36H51N11O26/c37-12(10-48)29(65)38-7-20(50)41-14(2-24(55)56)32(68)45-16(4-26(59)60)34(70)44-13(1-23(53)54)30(66)39-9-22(52)43-19(11-49)31(67)40-8-21(51)42-15(3-25(57)58)33(69)46-17(5-27(61)62)35(71)47-18(36(72)73)6-28(63)64/h12-19,48-49H,1-11,37H2,(H,38,65)(H,39,66)(H,40,67)(H,41,50)(H,42,51)(H,43,52)(H,44,70)(H,45,68)(H,46,69)(H,47,71)(H,53,54)(H,55,56)(H,57,58)(H,59,60)(H,61,62)(H,63,64)(H,72,73)/t12-,13-,14-,15-,16-,17-,18-,19-/m0/s1. The van der Waals surface area contributed by atoms with Crippen molar-refractivity contribution in [3.05, 3.63) is 0 Å². The minimum Gasteiger partial charge on any atom is -0.481 e. The van der Waals surface area contributed by atoms with Gasteiger partial charge in [-0.1, -0.05) is 0 Å². The summed E-state index contributed by atoms with van der Waals surface area (Å²) in [6, 6.07) is -16.3. The molecule has 406 valence electrons. The monoisotopic (exact) mass is 1050 g/mol. The van der Waals surface area contributed by atoms with Crippen LogP contribution >= 0.6 is 0 Å². The fourth-order valence-electron chi connectivity index (χ4n) is 5.28. The molecule has 0 saturated heterocycles. The van der Waals surface area contributed by atoms with E-state index in [0.29, 0.717) is 0 Å². The summed E-state index contributed by atoms with van der Waals surface area (Å²) in [4.78, 5) is 206. The summed E-state index contributed by atoms with van der Waals surface area (Å²) in [6.07, 6.45) is -7.50. The molecule has 0 aromatic rings. The van der Waals surface area contributed by atoms with Crippen LogP contribution in [0, 0.1) is 0 Å². The first-order valence-corrected chi connectivity index (χ1v) is 20.3. The molecule has 8 atom stereocenters. The van der Waals surface area contributed by atoms with Gasteiger partial charge in [0.1, 0.15) is 48.3 Å². The van der Waals surface area contributed by atoms with Gasteiger partial charge in [-0.2, -0.15) is 0 Å². The molecular formula is C36H51N11O26. The van der Waals surface area contributed by atoms with Gasteiger partial charge in [-0.05, 0) is 0 Å². The molecule has 0 heterocycles. The molecule has 0 unspecified atom stereocenters. The van der Waals surface area contributed by atoms with E-state index in [0.717, 1.165) is 0 Å². The van der Waals surface area contributed by atoms with E-state index in [4.69, 9.17) is 21.1 Å². The van der Waals surface area contributed by atoms with E-state index in [2.05, 4.69) is 0 Å². The average molecular weight is 1050 g/mol. The van der Waals surface area contributed by atoms with Crippen LogP contribution in [-0.4, -0.2) is 228 Å². The second-order valence-corrected chi connectivity index (χ2v) is 14.7. The maximum Gasteiger partial charge on any atom is 0.326 e. The molecule has 0 saturated carbocycles.